The number of ether oxygens (including phenoxy) is 1. The van der Waals surface area contributed by atoms with Crippen molar-refractivity contribution in [2.75, 3.05) is 12.5 Å². The summed E-state index contributed by atoms with van der Waals surface area (Å²) >= 11 is 0. The summed E-state index contributed by atoms with van der Waals surface area (Å²) in [7, 11) is 1.62. The molecule has 2 heterocycles. The van der Waals surface area contributed by atoms with Crippen molar-refractivity contribution in [3.63, 3.8) is 0 Å². The molecule has 25 heavy (non-hydrogen) atoms. The van der Waals surface area contributed by atoms with Gasteiger partial charge in [-0.2, -0.15) is 10.1 Å². The minimum atomic E-state index is -0.287. The number of fused-ring (bicyclic) bond motifs is 2. The molecule has 8 heteroatoms. The standard InChI is InChI=1S/C17H14N6O2/c1-25-13-7-6-10-4-2-3-5-11(10)12(13)8-20-23-17-21-14-15(22-17)18-9-19-16(14)24/h2-9H,1H3,(H3,18,19,21,22,23,24). The quantitative estimate of drug-likeness (QED) is 0.392. The second-order valence-corrected chi connectivity index (χ2v) is 5.29. The summed E-state index contributed by atoms with van der Waals surface area (Å²) in [5, 5.41) is 6.32. The molecule has 0 aliphatic rings. The SMILES string of the molecule is COc1ccc2ccccc2c1C=NNc1nc2nc[nH]c(=O)c2[nH]1. The number of hydrazone groups is 1. The number of aromatic amines is 2. The van der Waals surface area contributed by atoms with Gasteiger partial charge in [0.1, 0.15) is 5.75 Å². The maximum absolute atomic E-state index is 11.7. The number of benzene rings is 2. The van der Waals surface area contributed by atoms with Gasteiger partial charge in [0.05, 0.1) is 19.7 Å². The van der Waals surface area contributed by atoms with E-state index in [2.05, 4.69) is 30.5 Å². The zero-order valence-corrected chi connectivity index (χ0v) is 13.3. The summed E-state index contributed by atoms with van der Waals surface area (Å²) in [6.45, 7) is 0. The van der Waals surface area contributed by atoms with Crippen molar-refractivity contribution in [3.05, 3.63) is 58.6 Å². The van der Waals surface area contributed by atoms with Gasteiger partial charge < -0.3 is 14.7 Å². The fourth-order valence-corrected chi connectivity index (χ4v) is 2.64. The van der Waals surface area contributed by atoms with Crippen molar-refractivity contribution < 1.29 is 4.74 Å². The molecule has 0 saturated heterocycles. The molecule has 0 saturated carbocycles. The first-order chi connectivity index (χ1) is 12.3. The zero-order chi connectivity index (χ0) is 17.2. The van der Waals surface area contributed by atoms with E-state index in [9.17, 15) is 4.79 Å². The molecule has 0 fully saturated rings. The van der Waals surface area contributed by atoms with Gasteiger partial charge in [0.15, 0.2) is 11.2 Å². The number of hydrogen-bond acceptors (Lipinski definition) is 6. The van der Waals surface area contributed by atoms with Crippen LogP contribution in [-0.4, -0.2) is 33.3 Å². The van der Waals surface area contributed by atoms with Gasteiger partial charge >= 0.3 is 0 Å². The molecular formula is C17H14N6O2. The van der Waals surface area contributed by atoms with Gasteiger partial charge in [-0.1, -0.05) is 30.3 Å². The van der Waals surface area contributed by atoms with E-state index < -0.39 is 0 Å². The molecule has 0 unspecified atom stereocenters. The van der Waals surface area contributed by atoms with E-state index in [1.165, 1.54) is 6.33 Å². The smallest absolute Gasteiger partial charge is 0.276 e. The van der Waals surface area contributed by atoms with Crippen LogP contribution in [0.15, 0.2) is 52.6 Å². The van der Waals surface area contributed by atoms with Crippen molar-refractivity contribution in [2.24, 2.45) is 5.10 Å². The maximum Gasteiger partial charge on any atom is 0.276 e. The molecule has 124 valence electrons. The summed E-state index contributed by atoms with van der Waals surface area (Å²) in [6.07, 6.45) is 2.96. The predicted octanol–water partition coefficient (Wildman–Crippen LogP) is 2.25. The lowest BCUT2D eigenvalue weighted by Gasteiger charge is -2.08. The van der Waals surface area contributed by atoms with Gasteiger partial charge in [-0.15, -0.1) is 0 Å². The van der Waals surface area contributed by atoms with E-state index >= 15 is 0 Å². The first-order valence-corrected chi connectivity index (χ1v) is 7.54. The molecule has 4 rings (SSSR count). The third-order valence-electron chi connectivity index (χ3n) is 3.81. The molecule has 2 aromatic carbocycles. The predicted molar refractivity (Wildman–Crippen MR) is 96.2 cm³/mol. The molecule has 0 bridgehead atoms. The van der Waals surface area contributed by atoms with Crippen LogP contribution >= 0.6 is 0 Å². The van der Waals surface area contributed by atoms with Gasteiger partial charge in [0, 0.05) is 5.56 Å². The Hall–Kier alpha value is -3.68. The van der Waals surface area contributed by atoms with Crippen molar-refractivity contribution in [1.82, 2.24) is 19.9 Å². The Morgan fingerprint density at radius 2 is 2.12 bits per heavy atom. The van der Waals surface area contributed by atoms with Gasteiger partial charge in [-0.05, 0) is 16.8 Å². The fourth-order valence-electron chi connectivity index (χ4n) is 2.64. The molecular weight excluding hydrogens is 320 g/mol. The zero-order valence-electron chi connectivity index (χ0n) is 13.3. The molecule has 0 spiro atoms. The summed E-state index contributed by atoms with van der Waals surface area (Å²) in [5.41, 5.74) is 3.96. The van der Waals surface area contributed by atoms with Crippen LogP contribution in [-0.2, 0) is 0 Å². The second kappa shape index (κ2) is 6.08. The van der Waals surface area contributed by atoms with Gasteiger partial charge in [-0.25, -0.2) is 10.4 Å². The van der Waals surface area contributed by atoms with E-state index in [1.54, 1.807) is 13.3 Å². The number of H-pyrrole nitrogens is 2. The number of anilines is 1. The summed E-state index contributed by atoms with van der Waals surface area (Å²) in [6, 6.07) is 11.9. The normalized spacial score (nSPS) is 11.4. The lowest BCUT2D eigenvalue weighted by Crippen LogP contribution is -2.05. The van der Waals surface area contributed by atoms with Crippen molar-refractivity contribution >= 4 is 34.1 Å². The number of aromatic nitrogens is 4. The van der Waals surface area contributed by atoms with Crippen LogP contribution in [0.3, 0.4) is 0 Å². The molecule has 0 radical (unpaired) electrons. The van der Waals surface area contributed by atoms with Crippen LogP contribution in [0.5, 0.6) is 5.75 Å². The number of nitrogens with zero attached hydrogens (tertiary/aromatic N) is 3. The third kappa shape index (κ3) is 2.69. The summed E-state index contributed by atoms with van der Waals surface area (Å²) in [4.78, 5) is 25.1. The minimum absolute atomic E-state index is 0.287. The Morgan fingerprint density at radius 3 is 2.96 bits per heavy atom. The number of methoxy groups -OCH3 is 1. The Bertz CT molecular complexity index is 1140. The summed E-state index contributed by atoms with van der Waals surface area (Å²) in [5.74, 6) is 1.04. The highest BCUT2D eigenvalue weighted by atomic mass is 16.5. The van der Waals surface area contributed by atoms with Crippen LogP contribution in [0.4, 0.5) is 5.95 Å². The first-order valence-electron chi connectivity index (χ1n) is 7.54. The molecule has 0 aliphatic carbocycles. The second-order valence-electron chi connectivity index (χ2n) is 5.29. The molecule has 4 aromatic rings. The van der Waals surface area contributed by atoms with Crippen molar-refractivity contribution in [1.29, 1.82) is 0 Å². The van der Waals surface area contributed by atoms with E-state index in [1.807, 2.05) is 36.4 Å². The van der Waals surface area contributed by atoms with Gasteiger partial charge in [0.25, 0.3) is 5.56 Å². The molecule has 3 N–H and O–H groups in total. The highest BCUT2D eigenvalue weighted by Crippen LogP contribution is 2.26. The number of nitrogens with one attached hydrogen (secondary N) is 3. The van der Waals surface area contributed by atoms with E-state index in [0.717, 1.165) is 16.3 Å². The number of hydrogen-bond donors (Lipinski definition) is 3. The maximum atomic E-state index is 11.7. The average Bonchev–Trinajstić information content (AvgIpc) is 3.06. The van der Waals surface area contributed by atoms with Crippen LogP contribution in [0.1, 0.15) is 5.56 Å². The van der Waals surface area contributed by atoms with Gasteiger partial charge in [-0.3, -0.25) is 4.79 Å². The number of imidazole rings is 1. The van der Waals surface area contributed by atoms with E-state index in [0.29, 0.717) is 22.9 Å². The monoisotopic (exact) mass is 334 g/mol. The largest absolute Gasteiger partial charge is 0.496 e. The van der Waals surface area contributed by atoms with Crippen LogP contribution < -0.4 is 15.7 Å². The molecule has 0 aliphatic heterocycles. The molecule has 8 nitrogen and oxygen atoms in total. The highest BCUT2D eigenvalue weighted by Gasteiger charge is 2.07. The third-order valence-corrected chi connectivity index (χ3v) is 3.81. The molecule has 0 amide bonds. The van der Waals surface area contributed by atoms with Crippen molar-refractivity contribution in [2.45, 2.75) is 0 Å². The average molecular weight is 334 g/mol. The lowest BCUT2D eigenvalue weighted by atomic mass is 10.0. The molecule has 0 atom stereocenters. The van der Waals surface area contributed by atoms with Gasteiger partial charge in [0.2, 0.25) is 5.95 Å². The van der Waals surface area contributed by atoms with Crippen LogP contribution in [0, 0.1) is 0 Å². The lowest BCUT2D eigenvalue weighted by molar-refractivity contribution is 0.415. The van der Waals surface area contributed by atoms with Crippen molar-refractivity contribution in [3.8, 4) is 5.75 Å². The van der Waals surface area contributed by atoms with E-state index in [4.69, 9.17) is 4.74 Å². The Kier molecular flexibility index (Phi) is 3.62. The summed E-state index contributed by atoms with van der Waals surface area (Å²) < 4.78 is 5.42. The van der Waals surface area contributed by atoms with Crippen LogP contribution in [0.2, 0.25) is 0 Å². The minimum Gasteiger partial charge on any atom is -0.496 e. The first kappa shape index (κ1) is 14.9. The Balaban J connectivity index is 1.68. The highest BCUT2D eigenvalue weighted by molar-refractivity contribution is 6.02. The molecule has 2 aromatic heterocycles. The fraction of sp³-hybridized carbons (Fsp3) is 0.0588. The van der Waals surface area contributed by atoms with E-state index in [-0.39, 0.29) is 5.56 Å². The Morgan fingerprint density at radius 1 is 1.24 bits per heavy atom. The van der Waals surface area contributed by atoms with Crippen LogP contribution in [0.25, 0.3) is 21.9 Å². The topological polar surface area (TPSA) is 108 Å². The Labute approximate surface area is 141 Å². The number of rotatable bonds is 4.